The summed E-state index contributed by atoms with van der Waals surface area (Å²) in [4.78, 5) is 11.4. The predicted molar refractivity (Wildman–Crippen MR) is 71.5 cm³/mol. The molecule has 96 valence electrons. The van der Waals surface area contributed by atoms with E-state index in [0.29, 0.717) is 18.4 Å². The molecule has 1 heterocycles. The van der Waals surface area contributed by atoms with Gasteiger partial charge in [0.2, 0.25) is 5.95 Å². The fourth-order valence-electron chi connectivity index (χ4n) is 2.00. The molecule has 0 radical (unpaired) electrons. The molecule has 1 aliphatic rings. The van der Waals surface area contributed by atoms with Crippen molar-refractivity contribution in [2.75, 3.05) is 11.4 Å². The fourth-order valence-corrected chi connectivity index (χ4v) is 2.00. The van der Waals surface area contributed by atoms with Gasteiger partial charge in [0.25, 0.3) is 0 Å². The molecule has 0 aromatic carbocycles. The molecule has 0 aliphatic heterocycles. The fraction of sp³-hybridized carbons (Fsp3) is 0.643. The zero-order valence-corrected chi connectivity index (χ0v) is 11.3. The zero-order valence-electron chi connectivity index (χ0n) is 11.3. The van der Waals surface area contributed by atoms with Crippen LogP contribution in [-0.4, -0.2) is 22.6 Å². The molecule has 0 amide bonds. The van der Waals surface area contributed by atoms with Gasteiger partial charge in [0.05, 0.1) is 12.5 Å². The number of hydrogen-bond donors (Lipinski definition) is 0. The minimum Gasteiger partial charge on any atom is -0.337 e. The summed E-state index contributed by atoms with van der Waals surface area (Å²) in [6.45, 7) is 7.03. The molecule has 1 fully saturated rings. The summed E-state index contributed by atoms with van der Waals surface area (Å²) in [7, 11) is 0. The van der Waals surface area contributed by atoms with Crippen LogP contribution in [0, 0.1) is 18.3 Å². The molecule has 1 saturated carbocycles. The maximum Gasteiger partial charge on any atom is 0.226 e. The Morgan fingerprint density at radius 1 is 1.44 bits per heavy atom. The molecule has 0 atom stereocenters. The van der Waals surface area contributed by atoms with E-state index < -0.39 is 0 Å². The highest BCUT2D eigenvalue weighted by atomic mass is 15.3. The van der Waals surface area contributed by atoms with Crippen LogP contribution >= 0.6 is 0 Å². The molecule has 1 aromatic heterocycles. The SMILES string of the molecule is Cc1cc(C(C)C)nc(N(CCC#N)C2CC2)n1. The molecule has 18 heavy (non-hydrogen) atoms. The first-order valence-corrected chi connectivity index (χ1v) is 6.61. The van der Waals surface area contributed by atoms with E-state index in [1.807, 2.05) is 13.0 Å². The molecule has 0 spiro atoms. The Bertz CT molecular complexity index is 457. The summed E-state index contributed by atoms with van der Waals surface area (Å²) in [5.74, 6) is 1.21. The second kappa shape index (κ2) is 5.34. The Hall–Kier alpha value is -1.63. The second-order valence-corrected chi connectivity index (χ2v) is 5.22. The average Bonchev–Trinajstić information content (AvgIpc) is 3.13. The van der Waals surface area contributed by atoms with Crippen LogP contribution in [0.2, 0.25) is 0 Å². The van der Waals surface area contributed by atoms with Crippen LogP contribution < -0.4 is 4.90 Å². The van der Waals surface area contributed by atoms with E-state index in [0.717, 1.165) is 23.9 Å². The van der Waals surface area contributed by atoms with E-state index in [-0.39, 0.29) is 0 Å². The molecular weight excluding hydrogens is 224 g/mol. The number of hydrogen-bond acceptors (Lipinski definition) is 4. The van der Waals surface area contributed by atoms with Crippen LogP contribution in [0.3, 0.4) is 0 Å². The van der Waals surface area contributed by atoms with Crippen LogP contribution in [0.1, 0.15) is 50.4 Å². The third-order valence-electron chi connectivity index (χ3n) is 3.16. The van der Waals surface area contributed by atoms with Gasteiger partial charge in [-0.25, -0.2) is 9.97 Å². The van der Waals surface area contributed by atoms with Crippen molar-refractivity contribution in [3.63, 3.8) is 0 Å². The number of aromatic nitrogens is 2. The van der Waals surface area contributed by atoms with Crippen LogP contribution in [0.4, 0.5) is 5.95 Å². The molecule has 1 aromatic rings. The van der Waals surface area contributed by atoms with E-state index in [1.165, 1.54) is 12.8 Å². The first kappa shape index (κ1) is 12.8. The van der Waals surface area contributed by atoms with Gasteiger partial charge in [-0.2, -0.15) is 5.26 Å². The van der Waals surface area contributed by atoms with Gasteiger partial charge in [-0.3, -0.25) is 0 Å². The van der Waals surface area contributed by atoms with Crippen LogP contribution in [0.15, 0.2) is 6.07 Å². The van der Waals surface area contributed by atoms with Crippen molar-refractivity contribution in [3.8, 4) is 6.07 Å². The van der Waals surface area contributed by atoms with E-state index in [2.05, 4.69) is 34.8 Å². The van der Waals surface area contributed by atoms with E-state index in [1.54, 1.807) is 0 Å². The lowest BCUT2D eigenvalue weighted by Crippen LogP contribution is -2.29. The van der Waals surface area contributed by atoms with Crippen molar-refractivity contribution in [3.05, 3.63) is 17.5 Å². The standard InChI is InChI=1S/C14H20N4/c1-10(2)13-9-11(3)16-14(17-13)18(8-4-7-15)12-5-6-12/h9-10,12H,4-6,8H2,1-3H3. The largest absolute Gasteiger partial charge is 0.337 e. The lowest BCUT2D eigenvalue weighted by molar-refractivity contribution is 0.734. The number of nitrogens with zero attached hydrogens (tertiary/aromatic N) is 4. The zero-order chi connectivity index (χ0) is 13.1. The Kier molecular flexibility index (Phi) is 3.81. The van der Waals surface area contributed by atoms with E-state index in [9.17, 15) is 0 Å². The first-order valence-electron chi connectivity index (χ1n) is 6.61. The van der Waals surface area contributed by atoms with Gasteiger partial charge >= 0.3 is 0 Å². The summed E-state index contributed by atoms with van der Waals surface area (Å²) < 4.78 is 0. The monoisotopic (exact) mass is 244 g/mol. The van der Waals surface area contributed by atoms with Crippen LogP contribution in [0.5, 0.6) is 0 Å². The normalized spacial score (nSPS) is 14.6. The summed E-state index contributed by atoms with van der Waals surface area (Å²) in [6.07, 6.45) is 2.92. The summed E-state index contributed by atoms with van der Waals surface area (Å²) >= 11 is 0. The van der Waals surface area contributed by atoms with Crippen molar-refractivity contribution in [2.45, 2.75) is 52.0 Å². The summed E-state index contributed by atoms with van der Waals surface area (Å²) in [6, 6.07) is 4.79. The smallest absolute Gasteiger partial charge is 0.226 e. The number of nitriles is 1. The molecule has 2 rings (SSSR count). The van der Waals surface area contributed by atoms with Gasteiger partial charge in [0, 0.05) is 24.0 Å². The third kappa shape index (κ3) is 2.98. The minimum absolute atomic E-state index is 0.405. The van der Waals surface area contributed by atoms with Crippen LogP contribution in [0.25, 0.3) is 0 Å². The van der Waals surface area contributed by atoms with Crippen molar-refractivity contribution in [1.29, 1.82) is 5.26 Å². The number of anilines is 1. The van der Waals surface area contributed by atoms with E-state index in [4.69, 9.17) is 5.26 Å². The summed E-state index contributed by atoms with van der Waals surface area (Å²) in [5.41, 5.74) is 2.09. The highest BCUT2D eigenvalue weighted by Crippen LogP contribution is 2.30. The molecule has 0 unspecified atom stereocenters. The van der Waals surface area contributed by atoms with E-state index >= 15 is 0 Å². The van der Waals surface area contributed by atoms with Crippen molar-refractivity contribution < 1.29 is 0 Å². The maximum absolute atomic E-state index is 8.74. The topological polar surface area (TPSA) is 52.8 Å². The Morgan fingerprint density at radius 2 is 2.17 bits per heavy atom. The number of rotatable bonds is 5. The van der Waals surface area contributed by atoms with Gasteiger partial charge in [-0.15, -0.1) is 0 Å². The molecule has 0 N–H and O–H groups in total. The highest BCUT2D eigenvalue weighted by molar-refractivity contribution is 5.36. The van der Waals surface area contributed by atoms with Crippen molar-refractivity contribution in [2.24, 2.45) is 0 Å². The Labute approximate surface area is 109 Å². The minimum atomic E-state index is 0.405. The second-order valence-electron chi connectivity index (χ2n) is 5.22. The molecule has 4 heteroatoms. The van der Waals surface area contributed by atoms with Gasteiger partial charge in [0.15, 0.2) is 0 Å². The molecule has 0 bridgehead atoms. The van der Waals surface area contributed by atoms with Crippen molar-refractivity contribution >= 4 is 5.95 Å². The Morgan fingerprint density at radius 3 is 2.72 bits per heavy atom. The van der Waals surface area contributed by atoms with Crippen molar-refractivity contribution in [1.82, 2.24) is 9.97 Å². The quantitative estimate of drug-likeness (QED) is 0.799. The predicted octanol–water partition coefficient (Wildman–Crippen LogP) is 2.79. The van der Waals surface area contributed by atoms with Gasteiger partial charge in [-0.05, 0) is 31.7 Å². The average molecular weight is 244 g/mol. The highest BCUT2D eigenvalue weighted by Gasteiger charge is 2.30. The number of aryl methyl sites for hydroxylation is 1. The van der Waals surface area contributed by atoms with Gasteiger partial charge < -0.3 is 4.90 Å². The molecule has 0 saturated heterocycles. The molecular formula is C14H20N4. The Balaban J connectivity index is 2.26. The lowest BCUT2D eigenvalue weighted by atomic mass is 10.1. The lowest BCUT2D eigenvalue weighted by Gasteiger charge is -2.22. The molecule has 4 nitrogen and oxygen atoms in total. The maximum atomic E-state index is 8.74. The van der Waals surface area contributed by atoms with Gasteiger partial charge in [-0.1, -0.05) is 13.8 Å². The third-order valence-corrected chi connectivity index (χ3v) is 3.16. The molecule has 1 aliphatic carbocycles. The summed E-state index contributed by atoms with van der Waals surface area (Å²) in [5, 5.41) is 8.74. The van der Waals surface area contributed by atoms with Gasteiger partial charge in [0.1, 0.15) is 0 Å². The first-order chi connectivity index (χ1) is 8.61. The van der Waals surface area contributed by atoms with Crippen LogP contribution in [-0.2, 0) is 0 Å².